The molecule has 4 aromatic rings. The molecule has 3 aromatic carbocycles. The van der Waals surface area contributed by atoms with Gasteiger partial charge < -0.3 is 4.74 Å². The largest absolute Gasteiger partial charge is 0.427 e. The molecule has 0 bridgehead atoms. The Balaban J connectivity index is 1.48. The Morgan fingerprint density at radius 3 is 2.21 bits per heavy atom. The van der Waals surface area contributed by atoms with Crippen LogP contribution < -0.4 is 10.2 Å². The van der Waals surface area contributed by atoms with Crippen molar-refractivity contribution in [1.82, 2.24) is 20.2 Å². The minimum atomic E-state index is -0.383. The molecule has 4 rings (SSSR count). The van der Waals surface area contributed by atoms with E-state index >= 15 is 0 Å². The normalized spacial score (nSPS) is 11.8. The van der Waals surface area contributed by atoms with Crippen molar-refractivity contribution >= 4 is 29.4 Å². The molecule has 1 heterocycles. The number of hydrogen-bond acceptors (Lipinski definition) is 7. The van der Waals surface area contributed by atoms with E-state index in [0.29, 0.717) is 22.4 Å². The topological polar surface area (TPSA) is 98.5 Å². The molecule has 0 aliphatic rings. The van der Waals surface area contributed by atoms with Crippen LogP contribution in [0.4, 0.5) is 0 Å². The van der Waals surface area contributed by atoms with Crippen LogP contribution in [-0.2, 0) is 15.0 Å². The minimum Gasteiger partial charge on any atom is -0.427 e. The molecular formula is C30H31N5O3S. The first-order valence-electron chi connectivity index (χ1n) is 12.5. The van der Waals surface area contributed by atoms with Crippen molar-refractivity contribution in [3.8, 4) is 22.8 Å². The van der Waals surface area contributed by atoms with E-state index in [1.54, 1.807) is 31.2 Å². The highest BCUT2D eigenvalue weighted by molar-refractivity contribution is 7.99. The van der Waals surface area contributed by atoms with E-state index in [9.17, 15) is 9.59 Å². The third-order valence-electron chi connectivity index (χ3n) is 5.87. The van der Waals surface area contributed by atoms with Crippen molar-refractivity contribution in [2.75, 3.05) is 5.75 Å². The molecule has 0 aliphatic heterocycles. The number of carbonyl (C=O) groups excluding carboxylic acids is 2. The molecule has 1 N–H and O–H groups in total. The minimum absolute atomic E-state index is 0.0498. The number of thioether (sulfide) groups is 1. The van der Waals surface area contributed by atoms with E-state index in [4.69, 9.17) is 4.74 Å². The second-order valence-electron chi connectivity index (χ2n) is 9.94. The number of nitrogens with zero attached hydrogens (tertiary/aromatic N) is 4. The van der Waals surface area contributed by atoms with Crippen LogP contribution in [0.25, 0.3) is 17.1 Å². The Morgan fingerprint density at radius 1 is 0.923 bits per heavy atom. The molecule has 0 fully saturated rings. The van der Waals surface area contributed by atoms with Gasteiger partial charge in [0, 0.05) is 18.2 Å². The summed E-state index contributed by atoms with van der Waals surface area (Å²) in [4.78, 5) is 23.7. The van der Waals surface area contributed by atoms with Crippen molar-refractivity contribution in [2.45, 2.75) is 45.2 Å². The van der Waals surface area contributed by atoms with Crippen LogP contribution in [0.5, 0.6) is 5.75 Å². The fourth-order valence-corrected chi connectivity index (χ4v) is 4.53. The van der Waals surface area contributed by atoms with Crippen LogP contribution in [0.2, 0.25) is 0 Å². The van der Waals surface area contributed by atoms with Crippen LogP contribution in [0, 0.1) is 0 Å². The Labute approximate surface area is 232 Å². The molecule has 1 amide bonds. The second kappa shape index (κ2) is 12.1. The molecule has 39 heavy (non-hydrogen) atoms. The first-order valence-corrected chi connectivity index (χ1v) is 13.5. The standard InChI is InChI=1S/C30H31N5O3S/c1-20(22-13-17-26(18-14-22)38-21(2)36)31-32-27(37)19-39-29-34-33-28(35(29)25-9-7-6-8-10-25)23-11-15-24(16-12-23)30(3,4)5/h6-18H,19H2,1-5H3,(H,32,37)/b31-20-. The van der Waals surface area contributed by atoms with Crippen molar-refractivity contribution in [3.63, 3.8) is 0 Å². The highest BCUT2D eigenvalue weighted by atomic mass is 32.2. The third-order valence-corrected chi connectivity index (χ3v) is 6.80. The maximum atomic E-state index is 12.6. The number of esters is 1. The average molecular weight is 542 g/mol. The fraction of sp³-hybridized carbons (Fsp3) is 0.233. The molecule has 0 unspecified atom stereocenters. The van der Waals surface area contributed by atoms with Gasteiger partial charge in [-0.1, -0.05) is 75.0 Å². The number of aromatic nitrogens is 3. The van der Waals surface area contributed by atoms with Crippen molar-refractivity contribution < 1.29 is 14.3 Å². The maximum Gasteiger partial charge on any atom is 0.308 e. The number of nitrogens with one attached hydrogen (secondary N) is 1. The van der Waals surface area contributed by atoms with Crippen molar-refractivity contribution in [1.29, 1.82) is 0 Å². The number of hydrazone groups is 1. The molecule has 200 valence electrons. The monoisotopic (exact) mass is 541 g/mol. The van der Waals surface area contributed by atoms with Crippen LogP contribution >= 0.6 is 11.8 Å². The maximum absolute atomic E-state index is 12.6. The summed E-state index contributed by atoms with van der Waals surface area (Å²) in [5.41, 5.74) is 7.15. The van der Waals surface area contributed by atoms with Gasteiger partial charge >= 0.3 is 5.97 Å². The average Bonchev–Trinajstić information content (AvgIpc) is 3.34. The Morgan fingerprint density at radius 2 is 1.59 bits per heavy atom. The number of rotatable bonds is 8. The zero-order valence-electron chi connectivity index (χ0n) is 22.6. The summed E-state index contributed by atoms with van der Waals surface area (Å²) < 4.78 is 7.01. The highest BCUT2D eigenvalue weighted by Gasteiger charge is 2.19. The zero-order valence-corrected chi connectivity index (χ0v) is 23.5. The van der Waals surface area contributed by atoms with Gasteiger partial charge in [-0.2, -0.15) is 5.10 Å². The van der Waals surface area contributed by atoms with Crippen LogP contribution in [0.3, 0.4) is 0 Å². The predicted molar refractivity (Wildman–Crippen MR) is 154 cm³/mol. The SMILES string of the molecule is CC(=O)Oc1ccc(/C(C)=N\NC(=O)CSc2nnc(-c3ccc(C(C)(C)C)cc3)n2-c2ccccc2)cc1. The summed E-state index contributed by atoms with van der Waals surface area (Å²) in [6, 6.07) is 25.1. The molecule has 0 spiro atoms. The predicted octanol–water partition coefficient (Wildman–Crippen LogP) is 5.79. The quantitative estimate of drug-likeness (QED) is 0.0997. The smallest absolute Gasteiger partial charge is 0.308 e. The van der Waals surface area contributed by atoms with Gasteiger partial charge in [-0.3, -0.25) is 14.2 Å². The fourth-order valence-electron chi connectivity index (χ4n) is 3.78. The van der Waals surface area contributed by atoms with Crippen LogP contribution in [-0.4, -0.2) is 38.1 Å². The summed E-state index contributed by atoms with van der Waals surface area (Å²) in [6.45, 7) is 9.68. The van der Waals surface area contributed by atoms with Gasteiger partial charge in [0.25, 0.3) is 5.91 Å². The molecule has 1 aromatic heterocycles. The number of amides is 1. The molecule has 9 heteroatoms. The molecule has 0 saturated carbocycles. The van der Waals surface area contributed by atoms with Crippen molar-refractivity contribution in [3.05, 3.63) is 90.0 Å². The summed E-state index contributed by atoms with van der Waals surface area (Å²) in [5.74, 6) is 0.610. The Kier molecular flexibility index (Phi) is 8.61. The van der Waals surface area contributed by atoms with Crippen molar-refractivity contribution in [2.24, 2.45) is 5.10 Å². The second-order valence-corrected chi connectivity index (χ2v) is 10.9. The number of benzene rings is 3. The van der Waals surface area contributed by atoms with Gasteiger partial charge in [0.2, 0.25) is 0 Å². The van der Waals surface area contributed by atoms with Gasteiger partial charge in [0.15, 0.2) is 11.0 Å². The van der Waals surface area contributed by atoms with E-state index in [0.717, 1.165) is 16.8 Å². The van der Waals surface area contributed by atoms with Gasteiger partial charge in [-0.05, 0) is 59.9 Å². The summed E-state index contributed by atoms with van der Waals surface area (Å²) >= 11 is 1.29. The molecule has 0 radical (unpaired) electrons. The lowest BCUT2D eigenvalue weighted by Crippen LogP contribution is -2.21. The van der Waals surface area contributed by atoms with E-state index in [1.807, 2.05) is 34.9 Å². The third kappa shape index (κ3) is 7.20. The lowest BCUT2D eigenvalue weighted by Gasteiger charge is -2.19. The first-order chi connectivity index (χ1) is 18.6. The Bertz CT molecular complexity index is 1470. The number of carbonyl (C=O) groups is 2. The molecule has 8 nitrogen and oxygen atoms in total. The first kappa shape index (κ1) is 27.8. The van der Waals surface area contributed by atoms with E-state index in [1.165, 1.54) is 24.2 Å². The van der Waals surface area contributed by atoms with Crippen LogP contribution in [0.15, 0.2) is 89.1 Å². The Hall–Kier alpha value is -4.24. The summed E-state index contributed by atoms with van der Waals surface area (Å²) in [6.07, 6.45) is 0. The number of hydrogen-bond donors (Lipinski definition) is 1. The zero-order chi connectivity index (χ0) is 28.0. The van der Waals surface area contributed by atoms with Gasteiger partial charge in [-0.15, -0.1) is 10.2 Å². The molecular weight excluding hydrogens is 510 g/mol. The summed E-state index contributed by atoms with van der Waals surface area (Å²) in [7, 11) is 0. The molecule has 0 atom stereocenters. The van der Waals surface area contributed by atoms with E-state index in [-0.39, 0.29) is 23.0 Å². The van der Waals surface area contributed by atoms with Gasteiger partial charge in [0.1, 0.15) is 5.75 Å². The molecule has 0 saturated heterocycles. The van der Waals surface area contributed by atoms with Crippen LogP contribution in [0.1, 0.15) is 45.7 Å². The summed E-state index contributed by atoms with van der Waals surface area (Å²) in [5, 5.41) is 13.7. The highest BCUT2D eigenvalue weighted by Crippen LogP contribution is 2.30. The number of para-hydroxylation sites is 1. The number of ether oxygens (including phenoxy) is 1. The van der Waals surface area contributed by atoms with E-state index < -0.39 is 0 Å². The lowest BCUT2D eigenvalue weighted by molar-refractivity contribution is -0.131. The van der Waals surface area contributed by atoms with Gasteiger partial charge in [-0.25, -0.2) is 5.43 Å². The van der Waals surface area contributed by atoms with Gasteiger partial charge in [0.05, 0.1) is 11.5 Å². The van der Waals surface area contributed by atoms with E-state index in [2.05, 4.69) is 65.8 Å². The lowest BCUT2D eigenvalue weighted by atomic mass is 9.87. The molecule has 0 aliphatic carbocycles.